The van der Waals surface area contributed by atoms with Crippen LogP contribution in [-0.4, -0.2) is 48.8 Å². The number of hydrogen-bond acceptors (Lipinski definition) is 4. The van der Waals surface area contributed by atoms with Gasteiger partial charge < -0.3 is 16.4 Å². The Labute approximate surface area is 119 Å². The molecule has 0 saturated heterocycles. The van der Waals surface area contributed by atoms with Gasteiger partial charge >= 0.3 is 0 Å². The number of benzene rings is 1. The zero-order chi connectivity index (χ0) is 15.1. The Morgan fingerprint density at radius 1 is 1.15 bits per heavy atom. The molecule has 0 unspecified atom stereocenters. The van der Waals surface area contributed by atoms with Gasteiger partial charge in [0.2, 0.25) is 11.8 Å². The Bertz CT molecular complexity index is 457. The summed E-state index contributed by atoms with van der Waals surface area (Å²) in [5, 5.41) is 0. The van der Waals surface area contributed by atoms with Crippen LogP contribution in [0.5, 0.6) is 0 Å². The first-order chi connectivity index (χ1) is 9.38. The first-order valence-corrected chi connectivity index (χ1v) is 6.43. The van der Waals surface area contributed by atoms with E-state index < -0.39 is 5.91 Å². The van der Waals surface area contributed by atoms with Crippen molar-refractivity contribution in [3.05, 3.63) is 29.8 Å². The minimum Gasteiger partial charge on any atom is -0.399 e. The summed E-state index contributed by atoms with van der Waals surface area (Å²) < 4.78 is 0. The van der Waals surface area contributed by atoms with Crippen molar-refractivity contribution in [3.63, 3.8) is 0 Å². The molecule has 0 atom stereocenters. The lowest BCUT2D eigenvalue weighted by Crippen LogP contribution is -2.36. The molecule has 1 aromatic rings. The molecule has 1 aromatic carbocycles. The maximum absolute atomic E-state index is 11.6. The van der Waals surface area contributed by atoms with E-state index in [0.29, 0.717) is 25.2 Å². The molecule has 0 radical (unpaired) electrons. The van der Waals surface area contributed by atoms with Gasteiger partial charge in [-0.15, -0.1) is 0 Å². The third-order valence-electron chi connectivity index (χ3n) is 2.91. The SMILES string of the molecule is CN(C)C(=O)CCN(CC(N)=O)Cc1ccc(N)cc1. The smallest absolute Gasteiger partial charge is 0.231 e. The van der Waals surface area contributed by atoms with Gasteiger partial charge in [-0.25, -0.2) is 0 Å². The van der Waals surface area contributed by atoms with E-state index in [4.69, 9.17) is 11.5 Å². The Hall–Kier alpha value is -2.08. The highest BCUT2D eigenvalue weighted by molar-refractivity contribution is 5.77. The first-order valence-electron chi connectivity index (χ1n) is 6.43. The largest absolute Gasteiger partial charge is 0.399 e. The molecule has 0 aliphatic carbocycles. The highest BCUT2D eigenvalue weighted by atomic mass is 16.2. The van der Waals surface area contributed by atoms with Crippen LogP contribution < -0.4 is 11.5 Å². The minimum atomic E-state index is -0.405. The van der Waals surface area contributed by atoms with Gasteiger partial charge in [-0.2, -0.15) is 0 Å². The second kappa shape index (κ2) is 7.49. The monoisotopic (exact) mass is 278 g/mol. The maximum Gasteiger partial charge on any atom is 0.231 e. The fraction of sp³-hybridized carbons (Fsp3) is 0.429. The lowest BCUT2D eigenvalue weighted by atomic mass is 10.2. The third-order valence-corrected chi connectivity index (χ3v) is 2.91. The third kappa shape index (κ3) is 5.71. The van der Waals surface area contributed by atoms with Crippen molar-refractivity contribution in [1.29, 1.82) is 0 Å². The summed E-state index contributed by atoms with van der Waals surface area (Å²) in [5.74, 6) is -0.380. The van der Waals surface area contributed by atoms with E-state index in [0.717, 1.165) is 5.56 Å². The van der Waals surface area contributed by atoms with Crippen molar-refractivity contribution in [2.75, 3.05) is 32.9 Å². The van der Waals surface area contributed by atoms with Crippen LogP contribution in [0.2, 0.25) is 0 Å². The summed E-state index contributed by atoms with van der Waals surface area (Å²) in [6, 6.07) is 7.42. The van der Waals surface area contributed by atoms with E-state index in [1.54, 1.807) is 14.1 Å². The van der Waals surface area contributed by atoms with Crippen molar-refractivity contribution in [3.8, 4) is 0 Å². The van der Waals surface area contributed by atoms with E-state index in [2.05, 4.69) is 0 Å². The van der Waals surface area contributed by atoms with Crippen LogP contribution >= 0.6 is 0 Å². The molecule has 20 heavy (non-hydrogen) atoms. The fourth-order valence-electron chi connectivity index (χ4n) is 1.79. The Kier molecular flexibility index (Phi) is 5.99. The molecule has 0 fully saturated rings. The lowest BCUT2D eigenvalue weighted by molar-refractivity contribution is -0.129. The van der Waals surface area contributed by atoms with Crippen LogP contribution in [-0.2, 0) is 16.1 Å². The summed E-state index contributed by atoms with van der Waals surface area (Å²) in [4.78, 5) is 26.1. The molecule has 2 amide bonds. The minimum absolute atomic E-state index is 0.0248. The second-order valence-electron chi connectivity index (χ2n) is 4.96. The van der Waals surface area contributed by atoms with E-state index in [9.17, 15) is 9.59 Å². The van der Waals surface area contributed by atoms with Crippen LogP contribution in [0.1, 0.15) is 12.0 Å². The van der Waals surface area contributed by atoms with E-state index in [1.165, 1.54) is 4.90 Å². The normalized spacial score (nSPS) is 10.6. The number of carbonyl (C=O) groups excluding carboxylic acids is 2. The summed E-state index contributed by atoms with van der Waals surface area (Å²) in [6.07, 6.45) is 0.356. The van der Waals surface area contributed by atoms with Crippen molar-refractivity contribution in [2.24, 2.45) is 5.73 Å². The molecular formula is C14H22N4O2. The molecular weight excluding hydrogens is 256 g/mol. The summed E-state index contributed by atoms with van der Waals surface area (Å²) in [7, 11) is 3.42. The van der Waals surface area contributed by atoms with Gasteiger partial charge in [0.05, 0.1) is 6.54 Å². The van der Waals surface area contributed by atoms with Gasteiger partial charge in [0.1, 0.15) is 0 Å². The molecule has 4 N–H and O–H groups in total. The number of hydrogen-bond donors (Lipinski definition) is 2. The second-order valence-corrected chi connectivity index (χ2v) is 4.96. The van der Waals surface area contributed by atoms with Gasteiger partial charge in [0, 0.05) is 39.3 Å². The van der Waals surface area contributed by atoms with E-state index in [-0.39, 0.29) is 12.5 Å². The topological polar surface area (TPSA) is 92.7 Å². The average Bonchev–Trinajstić information content (AvgIpc) is 2.37. The van der Waals surface area contributed by atoms with Crippen LogP contribution in [0.3, 0.4) is 0 Å². The van der Waals surface area contributed by atoms with Gasteiger partial charge in [-0.1, -0.05) is 12.1 Å². The molecule has 0 saturated carbocycles. The van der Waals surface area contributed by atoms with E-state index >= 15 is 0 Å². The van der Waals surface area contributed by atoms with Crippen LogP contribution in [0, 0.1) is 0 Å². The molecule has 0 bridgehead atoms. The molecule has 0 spiro atoms. The summed E-state index contributed by atoms with van der Waals surface area (Å²) in [5.41, 5.74) is 12.6. The highest BCUT2D eigenvalue weighted by Gasteiger charge is 2.12. The van der Waals surface area contributed by atoms with Crippen molar-refractivity contribution in [1.82, 2.24) is 9.80 Å². The number of anilines is 1. The molecule has 6 heteroatoms. The number of carbonyl (C=O) groups is 2. The number of nitrogens with two attached hydrogens (primary N) is 2. The Morgan fingerprint density at radius 3 is 2.25 bits per heavy atom. The van der Waals surface area contributed by atoms with Crippen LogP contribution in [0.25, 0.3) is 0 Å². The lowest BCUT2D eigenvalue weighted by Gasteiger charge is -2.21. The Morgan fingerprint density at radius 2 is 1.75 bits per heavy atom. The maximum atomic E-state index is 11.6. The standard InChI is InChI=1S/C14H22N4O2/c1-17(2)14(20)7-8-18(10-13(16)19)9-11-3-5-12(15)6-4-11/h3-6H,7-10,15H2,1-2H3,(H2,16,19). The fourth-order valence-corrected chi connectivity index (χ4v) is 1.79. The molecule has 6 nitrogen and oxygen atoms in total. The highest BCUT2D eigenvalue weighted by Crippen LogP contribution is 2.09. The Balaban J connectivity index is 2.61. The number of amides is 2. The summed E-state index contributed by atoms with van der Waals surface area (Å²) in [6.45, 7) is 1.18. The van der Waals surface area contributed by atoms with Crippen molar-refractivity contribution in [2.45, 2.75) is 13.0 Å². The number of primary amides is 1. The number of rotatable bonds is 7. The van der Waals surface area contributed by atoms with Crippen molar-refractivity contribution >= 4 is 17.5 Å². The van der Waals surface area contributed by atoms with Crippen molar-refractivity contribution < 1.29 is 9.59 Å². The van der Waals surface area contributed by atoms with Crippen LogP contribution in [0.4, 0.5) is 5.69 Å². The van der Waals surface area contributed by atoms with Gasteiger partial charge in [0.15, 0.2) is 0 Å². The zero-order valence-electron chi connectivity index (χ0n) is 12.0. The van der Waals surface area contributed by atoms with E-state index in [1.807, 2.05) is 29.2 Å². The van der Waals surface area contributed by atoms with Gasteiger partial charge in [-0.3, -0.25) is 14.5 Å². The zero-order valence-corrected chi connectivity index (χ0v) is 12.0. The average molecular weight is 278 g/mol. The molecule has 0 heterocycles. The first kappa shape index (κ1) is 16.0. The molecule has 0 aromatic heterocycles. The molecule has 110 valence electrons. The van der Waals surface area contributed by atoms with Gasteiger partial charge in [0.25, 0.3) is 0 Å². The number of nitrogen functional groups attached to an aromatic ring is 1. The van der Waals surface area contributed by atoms with Gasteiger partial charge in [-0.05, 0) is 17.7 Å². The predicted octanol–water partition coefficient (Wildman–Crippen LogP) is 0.0344. The van der Waals surface area contributed by atoms with Crippen LogP contribution in [0.15, 0.2) is 24.3 Å². The quantitative estimate of drug-likeness (QED) is 0.688. The molecule has 0 aliphatic rings. The molecule has 1 rings (SSSR count). The molecule has 0 aliphatic heterocycles. The predicted molar refractivity (Wildman–Crippen MR) is 78.6 cm³/mol. The number of nitrogens with zero attached hydrogens (tertiary/aromatic N) is 2. The summed E-state index contributed by atoms with van der Waals surface area (Å²) >= 11 is 0.